The van der Waals surface area contributed by atoms with Crippen LogP contribution in [0.25, 0.3) is 0 Å². The maximum absolute atomic E-state index is 13.5. The van der Waals surface area contributed by atoms with Gasteiger partial charge >= 0.3 is 0 Å². The molecule has 110 valence electrons. The van der Waals surface area contributed by atoms with Crippen LogP contribution in [0.4, 0.5) is 4.39 Å². The first-order valence-corrected chi connectivity index (χ1v) is 8.54. The molecule has 4 nitrogen and oxygen atoms in total. The Hall–Kier alpha value is -1.05. The van der Waals surface area contributed by atoms with Crippen molar-refractivity contribution in [3.05, 3.63) is 35.1 Å². The van der Waals surface area contributed by atoms with Crippen molar-refractivity contribution in [2.24, 2.45) is 5.73 Å². The summed E-state index contributed by atoms with van der Waals surface area (Å²) >= 11 is 4.81. The Balaban J connectivity index is 2.15. The maximum Gasteiger partial charge on any atom is 0.153 e. The second-order valence-corrected chi connectivity index (χ2v) is 7.78. The molecule has 1 unspecified atom stereocenters. The monoisotopic (exact) mass is 316 g/mol. The molecule has 0 saturated carbocycles. The molecule has 7 heteroatoms. The van der Waals surface area contributed by atoms with Gasteiger partial charge in [-0.25, -0.2) is 12.8 Å². The highest BCUT2D eigenvalue weighted by Crippen LogP contribution is 2.17. The summed E-state index contributed by atoms with van der Waals surface area (Å²) in [6, 6.07) is 4.60. The average molecular weight is 316 g/mol. The molecule has 1 aliphatic heterocycles. The summed E-state index contributed by atoms with van der Waals surface area (Å²) in [6.07, 6.45) is 0. The fraction of sp³-hybridized carbons (Fsp3) is 0.462. The third kappa shape index (κ3) is 3.53. The fourth-order valence-electron chi connectivity index (χ4n) is 2.36. The van der Waals surface area contributed by atoms with E-state index < -0.39 is 15.7 Å². The molecule has 0 bridgehead atoms. The Bertz CT molecular complexity index is 631. The summed E-state index contributed by atoms with van der Waals surface area (Å²) in [6.45, 7) is 2.94. The highest BCUT2D eigenvalue weighted by Gasteiger charge is 2.28. The summed E-state index contributed by atoms with van der Waals surface area (Å²) in [5.74, 6) is -0.104. The van der Waals surface area contributed by atoms with E-state index in [1.54, 1.807) is 12.1 Å². The first-order chi connectivity index (χ1) is 9.28. The molecular formula is C13H17FN2O2S2. The van der Waals surface area contributed by atoms with Gasteiger partial charge in [-0.05, 0) is 24.6 Å². The lowest BCUT2D eigenvalue weighted by atomic mass is 10.1. The van der Waals surface area contributed by atoms with E-state index in [0.29, 0.717) is 13.1 Å². The normalized spacial score (nSPS) is 22.6. The van der Waals surface area contributed by atoms with Crippen LogP contribution in [0.5, 0.6) is 0 Å². The summed E-state index contributed by atoms with van der Waals surface area (Å²) in [5, 5.41) is 0. The molecule has 1 fully saturated rings. The minimum Gasteiger partial charge on any atom is -0.389 e. The third-order valence-electron chi connectivity index (χ3n) is 3.49. The van der Waals surface area contributed by atoms with Crippen LogP contribution in [0.2, 0.25) is 0 Å². The topological polar surface area (TPSA) is 63.4 Å². The molecule has 1 aliphatic rings. The summed E-state index contributed by atoms with van der Waals surface area (Å²) < 4.78 is 36.6. The van der Waals surface area contributed by atoms with E-state index in [4.69, 9.17) is 18.0 Å². The lowest BCUT2D eigenvalue weighted by Crippen LogP contribution is -2.46. The molecule has 1 heterocycles. The first-order valence-electron chi connectivity index (χ1n) is 6.31. The van der Waals surface area contributed by atoms with Gasteiger partial charge in [-0.1, -0.05) is 18.3 Å². The van der Waals surface area contributed by atoms with Gasteiger partial charge in [-0.15, -0.1) is 0 Å². The number of hydrogen-bond donors (Lipinski definition) is 1. The fourth-order valence-corrected chi connectivity index (χ4v) is 4.14. The van der Waals surface area contributed by atoms with Gasteiger partial charge in [0.2, 0.25) is 0 Å². The van der Waals surface area contributed by atoms with Gasteiger partial charge in [0.25, 0.3) is 0 Å². The van der Waals surface area contributed by atoms with E-state index in [1.807, 2.05) is 6.92 Å². The lowest BCUT2D eigenvalue weighted by molar-refractivity contribution is 0.218. The van der Waals surface area contributed by atoms with Crippen molar-refractivity contribution in [3.63, 3.8) is 0 Å². The molecule has 1 atom stereocenters. The number of hydrogen-bond acceptors (Lipinski definition) is 4. The number of nitrogens with two attached hydrogens (primary N) is 1. The van der Waals surface area contributed by atoms with E-state index in [9.17, 15) is 12.8 Å². The Kier molecular flexibility index (Phi) is 4.41. The molecule has 20 heavy (non-hydrogen) atoms. The number of thiocarbonyl (C=S) groups is 1. The predicted octanol–water partition coefficient (Wildman–Crippen LogP) is 1.08. The van der Waals surface area contributed by atoms with Gasteiger partial charge in [0.1, 0.15) is 10.8 Å². The number of benzene rings is 1. The van der Waals surface area contributed by atoms with Crippen molar-refractivity contribution in [1.29, 1.82) is 0 Å². The Morgan fingerprint density at radius 1 is 1.55 bits per heavy atom. The Morgan fingerprint density at radius 2 is 2.25 bits per heavy atom. The van der Waals surface area contributed by atoms with Crippen LogP contribution >= 0.6 is 12.2 Å². The van der Waals surface area contributed by atoms with E-state index in [2.05, 4.69) is 4.90 Å². The molecule has 0 spiro atoms. The summed E-state index contributed by atoms with van der Waals surface area (Å²) in [5.41, 5.74) is 6.58. The zero-order valence-electron chi connectivity index (χ0n) is 11.2. The molecular weight excluding hydrogens is 299 g/mol. The zero-order valence-corrected chi connectivity index (χ0v) is 12.8. The molecule has 1 aromatic rings. The second-order valence-electron chi connectivity index (χ2n) is 5.11. The van der Waals surface area contributed by atoms with Crippen LogP contribution in [0.1, 0.15) is 18.1 Å². The van der Waals surface area contributed by atoms with Crippen LogP contribution in [-0.4, -0.2) is 42.4 Å². The van der Waals surface area contributed by atoms with Crippen molar-refractivity contribution >= 4 is 27.0 Å². The number of nitrogens with zero attached hydrogens (tertiary/aromatic N) is 1. The van der Waals surface area contributed by atoms with Crippen molar-refractivity contribution in [3.8, 4) is 0 Å². The van der Waals surface area contributed by atoms with Crippen molar-refractivity contribution in [2.45, 2.75) is 19.5 Å². The van der Waals surface area contributed by atoms with Crippen molar-refractivity contribution in [2.75, 3.05) is 18.1 Å². The van der Waals surface area contributed by atoms with Crippen LogP contribution in [-0.2, 0) is 16.4 Å². The van der Waals surface area contributed by atoms with Gasteiger partial charge in [0, 0.05) is 24.7 Å². The second kappa shape index (κ2) is 5.75. The van der Waals surface area contributed by atoms with Gasteiger partial charge in [0.05, 0.1) is 11.5 Å². The first kappa shape index (κ1) is 15.3. The van der Waals surface area contributed by atoms with Crippen LogP contribution in [0, 0.1) is 5.82 Å². The molecule has 2 N–H and O–H groups in total. The molecule has 0 aromatic heterocycles. The predicted molar refractivity (Wildman–Crippen MR) is 80.8 cm³/mol. The smallest absolute Gasteiger partial charge is 0.153 e. The van der Waals surface area contributed by atoms with E-state index in [0.717, 1.165) is 5.56 Å². The molecule has 0 radical (unpaired) electrons. The highest BCUT2D eigenvalue weighted by molar-refractivity contribution is 7.91. The molecule has 2 rings (SSSR count). The largest absolute Gasteiger partial charge is 0.389 e. The number of sulfone groups is 1. The molecule has 1 saturated heterocycles. The molecule has 0 amide bonds. The number of halogens is 1. The lowest BCUT2D eigenvalue weighted by Gasteiger charge is -2.33. The van der Waals surface area contributed by atoms with Crippen molar-refractivity contribution in [1.82, 2.24) is 4.90 Å². The minimum atomic E-state index is -2.93. The Morgan fingerprint density at radius 3 is 2.85 bits per heavy atom. The maximum atomic E-state index is 13.5. The quantitative estimate of drug-likeness (QED) is 0.846. The van der Waals surface area contributed by atoms with Gasteiger partial charge in [-0.3, -0.25) is 4.90 Å². The van der Waals surface area contributed by atoms with Crippen molar-refractivity contribution < 1.29 is 12.8 Å². The SMILES string of the molecule is CC1CS(=O)(=O)CCN1Cc1ccc(F)c(C(N)=S)c1. The minimum absolute atomic E-state index is 0.0265. The number of rotatable bonds is 3. The van der Waals surface area contributed by atoms with Crippen LogP contribution in [0.15, 0.2) is 18.2 Å². The Labute approximate surface area is 123 Å². The summed E-state index contributed by atoms with van der Waals surface area (Å²) in [4.78, 5) is 2.09. The van der Waals surface area contributed by atoms with Crippen LogP contribution in [0.3, 0.4) is 0 Å². The summed E-state index contributed by atoms with van der Waals surface area (Å²) in [7, 11) is -2.93. The van der Waals surface area contributed by atoms with Crippen LogP contribution < -0.4 is 5.73 Å². The van der Waals surface area contributed by atoms with Gasteiger partial charge < -0.3 is 5.73 Å². The van der Waals surface area contributed by atoms with Gasteiger partial charge in [-0.2, -0.15) is 0 Å². The van der Waals surface area contributed by atoms with E-state index in [1.165, 1.54) is 6.07 Å². The zero-order chi connectivity index (χ0) is 14.9. The van der Waals surface area contributed by atoms with E-state index >= 15 is 0 Å². The third-order valence-corrected chi connectivity index (χ3v) is 5.50. The molecule has 0 aliphatic carbocycles. The standard InChI is InChI=1S/C13H17FN2O2S2/c1-9-8-20(17,18)5-4-16(9)7-10-2-3-12(14)11(6-10)13(15)19/h2-3,6,9H,4-5,7-8H2,1H3,(H2,15,19). The molecule has 1 aromatic carbocycles. The van der Waals surface area contributed by atoms with Gasteiger partial charge in [0.15, 0.2) is 9.84 Å². The van der Waals surface area contributed by atoms with E-state index in [-0.39, 0.29) is 28.1 Å². The highest BCUT2D eigenvalue weighted by atomic mass is 32.2. The average Bonchev–Trinajstić information content (AvgIpc) is 2.34.